The minimum Gasteiger partial charge on any atom is -0.299 e. The normalized spacial score (nSPS) is 11.2. The number of pyridine rings is 1. The smallest absolute Gasteiger partial charge is 0.142 e. The standard InChI is InChI=1S/C24H22N2O/c1-16(2)13-23-21(15-25)24(19-9-6-17(3)7-10-19)20-14-18(5-4-12-27)8-11-22(20)26-23/h4-12,14,16H,13H2,1-3H3. The number of hydrogen-bond donors (Lipinski definition) is 0. The zero-order chi connectivity index (χ0) is 19.4. The van der Waals surface area contributed by atoms with Crippen molar-refractivity contribution in [2.45, 2.75) is 27.2 Å². The lowest BCUT2D eigenvalue weighted by atomic mass is 9.91. The molecule has 134 valence electrons. The van der Waals surface area contributed by atoms with Crippen LogP contribution >= 0.6 is 0 Å². The maximum atomic E-state index is 10.7. The zero-order valence-electron chi connectivity index (χ0n) is 15.9. The van der Waals surface area contributed by atoms with Gasteiger partial charge in [-0.1, -0.05) is 55.8 Å². The van der Waals surface area contributed by atoms with Crippen LogP contribution in [0.5, 0.6) is 0 Å². The van der Waals surface area contributed by atoms with Crippen LogP contribution in [0.2, 0.25) is 0 Å². The van der Waals surface area contributed by atoms with Crippen molar-refractivity contribution in [3.8, 4) is 17.2 Å². The average Bonchev–Trinajstić information content (AvgIpc) is 2.65. The first-order valence-corrected chi connectivity index (χ1v) is 9.09. The molecule has 0 saturated heterocycles. The van der Waals surface area contributed by atoms with Crippen molar-refractivity contribution in [2.24, 2.45) is 5.92 Å². The lowest BCUT2D eigenvalue weighted by molar-refractivity contribution is -0.104. The van der Waals surface area contributed by atoms with Crippen molar-refractivity contribution < 1.29 is 4.79 Å². The van der Waals surface area contributed by atoms with E-state index in [1.54, 1.807) is 6.08 Å². The molecule has 0 saturated carbocycles. The van der Waals surface area contributed by atoms with Crippen LogP contribution in [0.1, 0.15) is 36.2 Å². The van der Waals surface area contributed by atoms with Gasteiger partial charge in [0.15, 0.2) is 0 Å². The first-order chi connectivity index (χ1) is 13.0. The first kappa shape index (κ1) is 18.5. The van der Waals surface area contributed by atoms with Gasteiger partial charge in [0.05, 0.1) is 16.8 Å². The van der Waals surface area contributed by atoms with Crippen molar-refractivity contribution in [1.29, 1.82) is 5.26 Å². The highest BCUT2D eigenvalue weighted by Crippen LogP contribution is 2.34. The van der Waals surface area contributed by atoms with Gasteiger partial charge in [-0.15, -0.1) is 0 Å². The van der Waals surface area contributed by atoms with Gasteiger partial charge in [0, 0.05) is 10.9 Å². The van der Waals surface area contributed by atoms with E-state index in [-0.39, 0.29) is 0 Å². The maximum Gasteiger partial charge on any atom is 0.142 e. The Morgan fingerprint density at radius 1 is 1.15 bits per heavy atom. The largest absolute Gasteiger partial charge is 0.299 e. The number of nitriles is 1. The number of allylic oxidation sites excluding steroid dienone is 1. The predicted molar refractivity (Wildman–Crippen MR) is 110 cm³/mol. The summed E-state index contributed by atoms with van der Waals surface area (Å²) in [6.45, 7) is 6.31. The summed E-state index contributed by atoms with van der Waals surface area (Å²) in [5, 5.41) is 10.9. The fraction of sp³-hybridized carbons (Fsp3) is 0.208. The van der Waals surface area contributed by atoms with E-state index in [1.807, 2.05) is 25.1 Å². The third-order valence-corrected chi connectivity index (χ3v) is 4.50. The molecular formula is C24H22N2O. The fourth-order valence-electron chi connectivity index (χ4n) is 3.26. The van der Waals surface area contributed by atoms with Gasteiger partial charge in [0.1, 0.15) is 12.4 Å². The number of nitrogens with zero attached hydrogens (tertiary/aromatic N) is 2. The van der Waals surface area contributed by atoms with Crippen LogP contribution in [-0.2, 0) is 11.2 Å². The minimum atomic E-state index is 0.405. The number of hydrogen-bond acceptors (Lipinski definition) is 3. The average molecular weight is 354 g/mol. The highest BCUT2D eigenvalue weighted by molar-refractivity contribution is 5.99. The van der Waals surface area contributed by atoms with E-state index in [4.69, 9.17) is 4.98 Å². The van der Waals surface area contributed by atoms with Gasteiger partial charge in [-0.05, 0) is 48.6 Å². The second-order valence-electron chi connectivity index (χ2n) is 7.16. The topological polar surface area (TPSA) is 53.8 Å². The van der Waals surface area contributed by atoms with E-state index in [9.17, 15) is 10.1 Å². The Hall–Kier alpha value is -3.25. The SMILES string of the molecule is Cc1ccc(-c2c(C#N)c(CC(C)C)nc3ccc(C=CC=O)cc23)cc1. The van der Waals surface area contributed by atoms with Gasteiger partial charge >= 0.3 is 0 Å². The van der Waals surface area contributed by atoms with Crippen LogP contribution in [0.15, 0.2) is 48.5 Å². The number of carbonyl (C=O) groups excluding carboxylic acids is 1. The quantitative estimate of drug-likeness (QED) is 0.449. The molecule has 0 aliphatic rings. The number of benzene rings is 2. The van der Waals surface area contributed by atoms with Crippen LogP contribution in [0.4, 0.5) is 0 Å². The summed E-state index contributed by atoms with van der Waals surface area (Å²) in [6, 6.07) is 16.5. The van der Waals surface area contributed by atoms with Crippen molar-refractivity contribution >= 4 is 23.3 Å². The minimum absolute atomic E-state index is 0.405. The molecule has 2 aromatic carbocycles. The number of fused-ring (bicyclic) bond motifs is 1. The molecule has 1 aromatic heterocycles. The zero-order valence-corrected chi connectivity index (χ0v) is 15.9. The molecular weight excluding hydrogens is 332 g/mol. The molecule has 0 atom stereocenters. The third-order valence-electron chi connectivity index (χ3n) is 4.50. The molecule has 0 radical (unpaired) electrons. The van der Waals surface area contributed by atoms with Crippen LogP contribution in [-0.4, -0.2) is 11.3 Å². The predicted octanol–water partition coefficient (Wildman–Crippen LogP) is 5.49. The molecule has 3 rings (SSSR count). The van der Waals surface area contributed by atoms with E-state index < -0.39 is 0 Å². The highest BCUT2D eigenvalue weighted by atomic mass is 16.1. The molecule has 0 bridgehead atoms. The van der Waals surface area contributed by atoms with Gasteiger partial charge < -0.3 is 0 Å². The number of aldehydes is 1. The molecule has 3 aromatic rings. The summed E-state index contributed by atoms with van der Waals surface area (Å²) in [5.41, 5.74) is 6.34. The molecule has 0 aliphatic carbocycles. The van der Waals surface area contributed by atoms with E-state index >= 15 is 0 Å². The van der Waals surface area contributed by atoms with Gasteiger partial charge in [0.2, 0.25) is 0 Å². The number of aryl methyl sites for hydroxylation is 1. The van der Waals surface area contributed by atoms with Crippen LogP contribution in [0.3, 0.4) is 0 Å². The Bertz CT molecular complexity index is 1050. The van der Waals surface area contributed by atoms with E-state index in [0.29, 0.717) is 11.5 Å². The molecule has 0 aliphatic heterocycles. The molecule has 3 nitrogen and oxygen atoms in total. The fourth-order valence-corrected chi connectivity index (χ4v) is 3.26. The third kappa shape index (κ3) is 3.96. The van der Waals surface area contributed by atoms with Gasteiger partial charge in [-0.25, -0.2) is 0 Å². The second-order valence-corrected chi connectivity index (χ2v) is 7.16. The Labute approximate surface area is 160 Å². The number of carbonyl (C=O) groups is 1. The van der Waals surface area contributed by atoms with E-state index in [2.05, 4.69) is 44.2 Å². The molecule has 1 heterocycles. The number of aromatic nitrogens is 1. The summed E-state index contributed by atoms with van der Waals surface area (Å²) in [5.74, 6) is 0.405. The summed E-state index contributed by atoms with van der Waals surface area (Å²) >= 11 is 0. The van der Waals surface area contributed by atoms with Crippen molar-refractivity contribution in [2.75, 3.05) is 0 Å². The van der Waals surface area contributed by atoms with E-state index in [0.717, 1.165) is 46.0 Å². The van der Waals surface area contributed by atoms with Crippen molar-refractivity contribution in [3.63, 3.8) is 0 Å². The molecule has 0 unspecified atom stereocenters. The monoisotopic (exact) mass is 354 g/mol. The molecule has 3 heteroatoms. The summed E-state index contributed by atoms with van der Waals surface area (Å²) in [7, 11) is 0. The lowest BCUT2D eigenvalue weighted by Crippen LogP contribution is -2.04. The first-order valence-electron chi connectivity index (χ1n) is 9.09. The summed E-state index contributed by atoms with van der Waals surface area (Å²) in [6.07, 6.45) is 4.75. The van der Waals surface area contributed by atoms with Crippen LogP contribution in [0, 0.1) is 24.2 Å². The van der Waals surface area contributed by atoms with Crippen molar-refractivity contribution in [3.05, 3.63) is 70.9 Å². The maximum absolute atomic E-state index is 10.7. The van der Waals surface area contributed by atoms with Crippen LogP contribution in [0.25, 0.3) is 28.1 Å². The Kier molecular flexibility index (Phi) is 5.47. The molecule has 0 fully saturated rings. The van der Waals surface area contributed by atoms with Crippen molar-refractivity contribution in [1.82, 2.24) is 4.98 Å². The highest BCUT2D eigenvalue weighted by Gasteiger charge is 2.17. The lowest BCUT2D eigenvalue weighted by Gasteiger charge is -2.15. The molecule has 0 N–H and O–H groups in total. The molecule has 27 heavy (non-hydrogen) atoms. The van der Waals surface area contributed by atoms with E-state index in [1.165, 1.54) is 11.6 Å². The van der Waals surface area contributed by atoms with Gasteiger partial charge in [-0.3, -0.25) is 9.78 Å². The molecule has 0 spiro atoms. The Morgan fingerprint density at radius 3 is 2.52 bits per heavy atom. The van der Waals surface area contributed by atoms with Gasteiger partial charge in [-0.2, -0.15) is 5.26 Å². The number of rotatable bonds is 5. The molecule has 0 amide bonds. The summed E-state index contributed by atoms with van der Waals surface area (Å²) < 4.78 is 0. The Balaban J connectivity index is 2.37. The summed E-state index contributed by atoms with van der Waals surface area (Å²) in [4.78, 5) is 15.5. The van der Waals surface area contributed by atoms with Crippen LogP contribution < -0.4 is 0 Å². The Morgan fingerprint density at radius 2 is 1.89 bits per heavy atom. The second kappa shape index (κ2) is 7.97. The van der Waals surface area contributed by atoms with Gasteiger partial charge in [0.25, 0.3) is 0 Å².